The van der Waals surface area contributed by atoms with Crippen molar-refractivity contribution >= 4 is 5.82 Å². The molecule has 0 fully saturated rings. The summed E-state index contributed by atoms with van der Waals surface area (Å²) in [5.74, 6) is 0.510. The van der Waals surface area contributed by atoms with Gasteiger partial charge in [0.05, 0.1) is 0 Å². The van der Waals surface area contributed by atoms with Crippen LogP contribution in [0.1, 0.15) is 11.3 Å². The topological polar surface area (TPSA) is 87.7 Å². The number of aryl methyl sites for hydroxylation is 1. The molecular weight excluding hydrogens is 166 g/mol. The third-order valence-corrected chi connectivity index (χ3v) is 1.57. The number of nitrogen functional groups attached to an aromatic ring is 1. The second kappa shape index (κ2) is 4.33. The number of azide groups is 1. The number of nitrogens with zero attached hydrogens (tertiary/aromatic N) is 4. The summed E-state index contributed by atoms with van der Waals surface area (Å²) in [5, 5.41) is 3.43. The predicted molar refractivity (Wildman–Crippen MR) is 51.1 cm³/mol. The van der Waals surface area contributed by atoms with Gasteiger partial charge in [-0.2, -0.15) is 0 Å². The minimum atomic E-state index is 0.423. The van der Waals surface area contributed by atoms with Gasteiger partial charge >= 0.3 is 0 Å². The molecule has 0 unspecified atom stereocenters. The standard InChI is InChI=1S/C8H11N5/c1-6-4-7(2-3-11-13-10)12-8(9)5-6/h4-5H,2-3H2,1H3,(H2,9,12). The fraction of sp³-hybridized carbons (Fsp3) is 0.375. The van der Waals surface area contributed by atoms with E-state index in [2.05, 4.69) is 15.0 Å². The van der Waals surface area contributed by atoms with E-state index in [0.717, 1.165) is 11.3 Å². The van der Waals surface area contributed by atoms with E-state index in [9.17, 15) is 0 Å². The smallest absolute Gasteiger partial charge is 0.123 e. The molecule has 0 amide bonds. The van der Waals surface area contributed by atoms with Gasteiger partial charge in [-0.1, -0.05) is 5.11 Å². The molecule has 5 heteroatoms. The number of aromatic nitrogens is 1. The van der Waals surface area contributed by atoms with Gasteiger partial charge in [0.15, 0.2) is 0 Å². The number of rotatable bonds is 3. The van der Waals surface area contributed by atoms with Gasteiger partial charge in [-0.25, -0.2) is 4.98 Å². The van der Waals surface area contributed by atoms with E-state index < -0.39 is 0 Å². The van der Waals surface area contributed by atoms with Crippen LogP contribution in [0.3, 0.4) is 0 Å². The van der Waals surface area contributed by atoms with Crippen molar-refractivity contribution in [2.75, 3.05) is 12.3 Å². The highest BCUT2D eigenvalue weighted by molar-refractivity contribution is 5.34. The Morgan fingerprint density at radius 1 is 1.62 bits per heavy atom. The number of pyridine rings is 1. The van der Waals surface area contributed by atoms with E-state index in [1.54, 1.807) is 6.07 Å². The minimum Gasteiger partial charge on any atom is -0.384 e. The van der Waals surface area contributed by atoms with Crippen LogP contribution in [-0.2, 0) is 6.42 Å². The first-order chi connectivity index (χ1) is 6.22. The Morgan fingerprint density at radius 2 is 2.38 bits per heavy atom. The molecule has 0 aliphatic heterocycles. The molecule has 1 rings (SSSR count). The Labute approximate surface area is 76.2 Å². The van der Waals surface area contributed by atoms with E-state index in [0.29, 0.717) is 18.8 Å². The van der Waals surface area contributed by atoms with Gasteiger partial charge in [-0.05, 0) is 36.6 Å². The molecule has 0 aliphatic rings. The Kier molecular flexibility index (Phi) is 3.11. The summed E-state index contributed by atoms with van der Waals surface area (Å²) in [4.78, 5) is 6.76. The largest absolute Gasteiger partial charge is 0.384 e. The summed E-state index contributed by atoms with van der Waals surface area (Å²) in [6, 6.07) is 3.74. The second-order valence-electron chi connectivity index (χ2n) is 2.77. The van der Waals surface area contributed by atoms with Crippen LogP contribution < -0.4 is 5.73 Å². The van der Waals surface area contributed by atoms with Gasteiger partial charge in [0, 0.05) is 17.2 Å². The Morgan fingerprint density at radius 3 is 3.00 bits per heavy atom. The molecule has 1 heterocycles. The predicted octanol–water partition coefficient (Wildman–Crippen LogP) is 1.83. The molecule has 0 atom stereocenters. The van der Waals surface area contributed by atoms with E-state index >= 15 is 0 Å². The average Bonchev–Trinajstić information content (AvgIpc) is 2.03. The first-order valence-electron chi connectivity index (χ1n) is 3.96. The molecule has 0 saturated carbocycles. The van der Waals surface area contributed by atoms with Crippen molar-refractivity contribution in [1.82, 2.24) is 4.98 Å². The van der Waals surface area contributed by atoms with Crippen LogP contribution >= 0.6 is 0 Å². The lowest BCUT2D eigenvalue weighted by atomic mass is 10.2. The maximum absolute atomic E-state index is 8.07. The Balaban J connectivity index is 2.71. The molecule has 2 N–H and O–H groups in total. The number of hydrogen-bond acceptors (Lipinski definition) is 3. The number of nitrogens with two attached hydrogens (primary N) is 1. The third-order valence-electron chi connectivity index (χ3n) is 1.57. The summed E-state index contributed by atoms with van der Waals surface area (Å²) in [5.41, 5.74) is 15.6. The molecule has 0 spiro atoms. The highest BCUT2D eigenvalue weighted by atomic mass is 15.1. The summed E-state index contributed by atoms with van der Waals surface area (Å²) in [6.45, 7) is 2.38. The molecule has 68 valence electrons. The molecule has 0 saturated heterocycles. The van der Waals surface area contributed by atoms with E-state index in [1.807, 2.05) is 13.0 Å². The molecule has 0 radical (unpaired) electrons. The summed E-state index contributed by atoms with van der Waals surface area (Å²) in [7, 11) is 0. The highest BCUT2D eigenvalue weighted by Gasteiger charge is 1.96. The van der Waals surface area contributed by atoms with Crippen molar-refractivity contribution in [3.8, 4) is 0 Å². The first-order valence-corrected chi connectivity index (χ1v) is 3.96. The summed E-state index contributed by atoms with van der Waals surface area (Å²) in [6.07, 6.45) is 0.635. The molecule has 1 aromatic rings. The van der Waals surface area contributed by atoms with Crippen LogP contribution in [0.25, 0.3) is 10.4 Å². The zero-order chi connectivity index (χ0) is 9.68. The number of anilines is 1. The van der Waals surface area contributed by atoms with Crippen molar-refractivity contribution in [2.45, 2.75) is 13.3 Å². The van der Waals surface area contributed by atoms with Crippen LogP contribution in [0.15, 0.2) is 17.2 Å². The van der Waals surface area contributed by atoms with Crippen LogP contribution in [0.2, 0.25) is 0 Å². The fourth-order valence-electron chi connectivity index (χ4n) is 1.11. The Bertz CT molecular complexity index is 320. The van der Waals surface area contributed by atoms with Gasteiger partial charge in [0.1, 0.15) is 5.82 Å². The minimum absolute atomic E-state index is 0.423. The van der Waals surface area contributed by atoms with Crippen molar-refractivity contribution < 1.29 is 0 Å². The molecule has 0 aromatic carbocycles. The SMILES string of the molecule is Cc1cc(N)nc(CCN=[N+]=[N-])c1. The van der Waals surface area contributed by atoms with E-state index in [1.165, 1.54) is 0 Å². The molecule has 0 aliphatic carbocycles. The van der Waals surface area contributed by atoms with Crippen LogP contribution in [0.5, 0.6) is 0 Å². The fourth-order valence-corrected chi connectivity index (χ4v) is 1.11. The van der Waals surface area contributed by atoms with Crippen molar-refractivity contribution in [1.29, 1.82) is 0 Å². The Hall–Kier alpha value is -1.74. The molecule has 1 aromatic heterocycles. The van der Waals surface area contributed by atoms with E-state index in [4.69, 9.17) is 11.3 Å². The highest BCUT2D eigenvalue weighted by Crippen LogP contribution is 2.06. The maximum atomic E-state index is 8.07. The summed E-state index contributed by atoms with van der Waals surface area (Å²) >= 11 is 0. The summed E-state index contributed by atoms with van der Waals surface area (Å²) < 4.78 is 0. The van der Waals surface area contributed by atoms with Gasteiger partial charge in [0.25, 0.3) is 0 Å². The van der Waals surface area contributed by atoms with Gasteiger partial charge < -0.3 is 5.73 Å². The normalized spacial score (nSPS) is 9.31. The van der Waals surface area contributed by atoms with Gasteiger partial charge in [0.2, 0.25) is 0 Å². The van der Waals surface area contributed by atoms with Gasteiger partial charge in [-0.3, -0.25) is 0 Å². The van der Waals surface area contributed by atoms with Crippen LogP contribution in [0.4, 0.5) is 5.82 Å². The zero-order valence-electron chi connectivity index (χ0n) is 7.44. The number of hydrogen-bond donors (Lipinski definition) is 1. The lowest BCUT2D eigenvalue weighted by Crippen LogP contribution is -1.98. The average molecular weight is 177 g/mol. The van der Waals surface area contributed by atoms with Crippen molar-refractivity contribution in [3.05, 3.63) is 33.8 Å². The lowest BCUT2D eigenvalue weighted by molar-refractivity contribution is 0.914. The molecule has 13 heavy (non-hydrogen) atoms. The van der Waals surface area contributed by atoms with Crippen LogP contribution in [-0.4, -0.2) is 11.5 Å². The maximum Gasteiger partial charge on any atom is 0.123 e. The van der Waals surface area contributed by atoms with E-state index in [-0.39, 0.29) is 0 Å². The van der Waals surface area contributed by atoms with Crippen molar-refractivity contribution in [2.24, 2.45) is 5.11 Å². The lowest BCUT2D eigenvalue weighted by Gasteiger charge is -2.00. The quantitative estimate of drug-likeness (QED) is 0.433. The molecular formula is C8H11N5. The third kappa shape index (κ3) is 3.01. The monoisotopic (exact) mass is 177 g/mol. The zero-order valence-corrected chi connectivity index (χ0v) is 7.44. The van der Waals surface area contributed by atoms with Gasteiger partial charge in [-0.15, -0.1) is 0 Å². The van der Waals surface area contributed by atoms with Crippen molar-refractivity contribution in [3.63, 3.8) is 0 Å². The second-order valence-corrected chi connectivity index (χ2v) is 2.77. The molecule has 5 nitrogen and oxygen atoms in total. The molecule has 0 bridgehead atoms. The first kappa shape index (κ1) is 9.35. The van der Waals surface area contributed by atoms with Crippen LogP contribution in [0, 0.1) is 6.92 Å².